The van der Waals surface area contributed by atoms with Crippen LogP contribution < -0.4 is 15.0 Å². The van der Waals surface area contributed by atoms with Crippen molar-refractivity contribution in [3.05, 3.63) is 58.9 Å². The fourth-order valence-electron chi connectivity index (χ4n) is 3.36. The molecule has 2 aromatic rings. The van der Waals surface area contributed by atoms with Crippen LogP contribution in [-0.4, -0.2) is 41.7 Å². The number of cyclic esters (lactones) is 1. The fraction of sp³-hybridized carbons (Fsp3) is 0.286. The number of nitrogens with one attached hydrogen (secondary N) is 1. The van der Waals surface area contributed by atoms with E-state index in [-0.39, 0.29) is 27.6 Å². The van der Waals surface area contributed by atoms with Gasteiger partial charge in [0.2, 0.25) is 5.12 Å². The van der Waals surface area contributed by atoms with Crippen molar-refractivity contribution in [1.29, 1.82) is 0 Å². The highest BCUT2D eigenvalue weighted by Gasteiger charge is 2.34. The molecule has 2 fully saturated rings. The molecule has 1 N–H and O–H groups in total. The number of thioether (sulfide) groups is 1. The van der Waals surface area contributed by atoms with E-state index in [2.05, 4.69) is 5.32 Å². The molecule has 2 heterocycles. The van der Waals surface area contributed by atoms with Crippen molar-refractivity contribution in [3.63, 3.8) is 0 Å². The Bertz CT molecular complexity index is 1020. The molecule has 2 atom stereocenters. The highest BCUT2D eigenvalue weighted by atomic mass is 35.5. The lowest BCUT2D eigenvalue weighted by Gasteiger charge is -2.14. The minimum absolute atomic E-state index is 0.128. The van der Waals surface area contributed by atoms with Gasteiger partial charge < -0.3 is 14.8 Å². The maximum Gasteiger partial charge on any atom is 0.414 e. The molecule has 0 saturated carbocycles. The van der Waals surface area contributed by atoms with Gasteiger partial charge in [-0.3, -0.25) is 14.5 Å². The molecule has 2 unspecified atom stereocenters. The zero-order valence-electron chi connectivity index (χ0n) is 16.2. The summed E-state index contributed by atoms with van der Waals surface area (Å²) < 4.78 is 25.1. The van der Waals surface area contributed by atoms with Gasteiger partial charge >= 0.3 is 6.09 Å². The SMILES string of the molecule is O=C1NC(Cc2ccc(OCCC3CN(c4ccc(Cl)cc4F)C(=O)O3)cc2)C(=O)S1. The lowest BCUT2D eigenvalue weighted by atomic mass is 10.1. The van der Waals surface area contributed by atoms with Gasteiger partial charge in [0.1, 0.15) is 23.7 Å². The summed E-state index contributed by atoms with van der Waals surface area (Å²) in [5.74, 6) is 0.0451. The molecular weight excluding hydrogens is 447 g/mol. The van der Waals surface area contributed by atoms with Gasteiger partial charge in [-0.25, -0.2) is 9.18 Å². The van der Waals surface area contributed by atoms with E-state index < -0.39 is 24.1 Å². The Hall–Kier alpha value is -2.78. The smallest absolute Gasteiger partial charge is 0.414 e. The van der Waals surface area contributed by atoms with Crippen LogP contribution >= 0.6 is 23.4 Å². The second-order valence-electron chi connectivity index (χ2n) is 7.10. The first kappa shape index (κ1) is 21.5. The van der Waals surface area contributed by atoms with E-state index in [4.69, 9.17) is 21.1 Å². The number of anilines is 1. The Morgan fingerprint density at radius 1 is 1.19 bits per heavy atom. The lowest BCUT2D eigenvalue weighted by molar-refractivity contribution is -0.112. The third kappa shape index (κ3) is 5.11. The van der Waals surface area contributed by atoms with Crippen LogP contribution in [0, 0.1) is 5.82 Å². The van der Waals surface area contributed by atoms with Gasteiger partial charge in [-0.05, 0) is 35.9 Å². The van der Waals surface area contributed by atoms with E-state index in [0.29, 0.717) is 37.0 Å². The van der Waals surface area contributed by atoms with Crippen LogP contribution in [0.3, 0.4) is 0 Å². The molecule has 2 aliphatic rings. The van der Waals surface area contributed by atoms with E-state index >= 15 is 0 Å². The second-order valence-corrected chi connectivity index (χ2v) is 8.52. The maximum atomic E-state index is 14.1. The number of nitrogens with zero attached hydrogens (tertiary/aromatic N) is 1. The minimum Gasteiger partial charge on any atom is -0.493 e. The predicted octanol–water partition coefficient (Wildman–Crippen LogP) is 4.17. The van der Waals surface area contributed by atoms with E-state index in [1.807, 2.05) is 12.1 Å². The van der Waals surface area contributed by atoms with E-state index in [9.17, 15) is 18.8 Å². The molecule has 31 heavy (non-hydrogen) atoms. The molecule has 0 aromatic heterocycles. The number of carbonyl (C=O) groups is 3. The first-order valence-corrected chi connectivity index (χ1v) is 10.8. The molecule has 0 aliphatic carbocycles. The average Bonchev–Trinajstić information content (AvgIpc) is 3.24. The van der Waals surface area contributed by atoms with E-state index in [0.717, 1.165) is 11.6 Å². The zero-order chi connectivity index (χ0) is 22.0. The Labute approximate surface area is 186 Å². The summed E-state index contributed by atoms with van der Waals surface area (Å²) in [5, 5.41) is 2.38. The van der Waals surface area contributed by atoms with Crippen LogP contribution in [0.5, 0.6) is 5.75 Å². The van der Waals surface area contributed by atoms with Crippen LogP contribution in [0.25, 0.3) is 0 Å². The zero-order valence-corrected chi connectivity index (χ0v) is 17.7. The first-order valence-electron chi connectivity index (χ1n) is 9.56. The Morgan fingerprint density at radius 3 is 2.65 bits per heavy atom. The summed E-state index contributed by atoms with van der Waals surface area (Å²) >= 11 is 6.45. The van der Waals surface area contributed by atoms with Gasteiger partial charge in [-0.2, -0.15) is 0 Å². The van der Waals surface area contributed by atoms with Crippen molar-refractivity contribution in [1.82, 2.24) is 5.32 Å². The predicted molar refractivity (Wildman–Crippen MR) is 114 cm³/mol. The van der Waals surface area contributed by atoms with Gasteiger partial charge in [0.25, 0.3) is 5.24 Å². The van der Waals surface area contributed by atoms with Crippen molar-refractivity contribution in [2.45, 2.75) is 25.0 Å². The Balaban J connectivity index is 1.25. The number of hydrogen-bond acceptors (Lipinski definition) is 6. The molecule has 2 saturated heterocycles. The number of ether oxygens (including phenoxy) is 2. The topological polar surface area (TPSA) is 84.9 Å². The molecule has 10 heteroatoms. The summed E-state index contributed by atoms with van der Waals surface area (Å²) in [6.07, 6.45) is -0.162. The monoisotopic (exact) mass is 464 g/mol. The van der Waals surface area contributed by atoms with Crippen molar-refractivity contribution in [3.8, 4) is 5.75 Å². The summed E-state index contributed by atoms with van der Waals surface area (Å²) in [5.41, 5.74) is 1.03. The maximum absolute atomic E-state index is 14.1. The van der Waals surface area contributed by atoms with Gasteiger partial charge in [-0.1, -0.05) is 23.7 Å². The van der Waals surface area contributed by atoms with E-state index in [1.165, 1.54) is 17.0 Å². The fourth-order valence-corrected chi connectivity index (χ4v) is 4.19. The van der Waals surface area contributed by atoms with E-state index in [1.54, 1.807) is 12.1 Å². The first-order chi connectivity index (χ1) is 14.9. The third-order valence-corrected chi connectivity index (χ3v) is 5.94. The number of hydrogen-bond donors (Lipinski definition) is 1. The van der Waals surface area contributed by atoms with Crippen LogP contribution in [0.1, 0.15) is 12.0 Å². The minimum atomic E-state index is -0.609. The lowest BCUT2D eigenvalue weighted by Crippen LogP contribution is -2.30. The molecule has 2 aliphatic heterocycles. The molecular formula is C21H18ClFN2O5S. The Kier molecular flexibility index (Phi) is 6.33. The second kappa shape index (κ2) is 9.15. The van der Waals surface area contributed by atoms with Gasteiger partial charge in [0.05, 0.1) is 18.8 Å². The van der Waals surface area contributed by atoms with Crippen molar-refractivity contribution in [2.24, 2.45) is 0 Å². The number of amides is 2. The third-order valence-electron chi connectivity index (χ3n) is 4.92. The molecule has 4 rings (SSSR count). The molecule has 0 bridgehead atoms. The standard InChI is InChI=1S/C21H18ClFN2O5S/c22-13-3-6-18(16(23)10-13)25-11-15(30-21(25)28)7-8-29-14-4-1-12(2-5-14)9-17-19(26)31-20(27)24-17/h1-6,10,15,17H,7-9,11H2,(H,24,27). The van der Waals surface area contributed by atoms with Crippen molar-refractivity contribution in [2.75, 3.05) is 18.1 Å². The van der Waals surface area contributed by atoms with Crippen LogP contribution in [-0.2, 0) is 16.0 Å². The number of benzene rings is 2. The Morgan fingerprint density at radius 2 is 1.97 bits per heavy atom. The van der Waals surface area contributed by atoms with Gasteiger partial charge in [-0.15, -0.1) is 0 Å². The van der Waals surface area contributed by atoms with Crippen LogP contribution in [0.4, 0.5) is 19.7 Å². The molecule has 7 nitrogen and oxygen atoms in total. The molecule has 0 spiro atoms. The summed E-state index contributed by atoms with van der Waals surface area (Å²) in [6.45, 7) is 0.529. The molecule has 2 amide bonds. The summed E-state index contributed by atoms with van der Waals surface area (Å²) in [7, 11) is 0. The molecule has 162 valence electrons. The van der Waals surface area contributed by atoms with Gasteiger partial charge in [0, 0.05) is 29.6 Å². The molecule has 0 radical (unpaired) electrons. The summed E-state index contributed by atoms with van der Waals surface area (Å²) in [4.78, 5) is 36.3. The average molecular weight is 465 g/mol. The number of rotatable bonds is 7. The molecule has 2 aromatic carbocycles. The van der Waals surface area contributed by atoms with Crippen LogP contribution in [0.15, 0.2) is 42.5 Å². The van der Waals surface area contributed by atoms with Gasteiger partial charge in [0.15, 0.2) is 0 Å². The number of halogens is 2. The quantitative estimate of drug-likeness (QED) is 0.662. The van der Waals surface area contributed by atoms with Crippen molar-refractivity contribution >= 4 is 45.5 Å². The highest BCUT2D eigenvalue weighted by Crippen LogP contribution is 2.28. The number of carbonyl (C=O) groups excluding carboxylic acids is 3. The highest BCUT2D eigenvalue weighted by molar-refractivity contribution is 8.26. The largest absolute Gasteiger partial charge is 0.493 e. The van der Waals surface area contributed by atoms with Crippen molar-refractivity contribution < 1.29 is 28.2 Å². The summed E-state index contributed by atoms with van der Waals surface area (Å²) in [6, 6.07) is 10.8. The normalized spacial score (nSPS) is 20.7. The van der Waals surface area contributed by atoms with Crippen LogP contribution in [0.2, 0.25) is 5.02 Å².